The van der Waals surface area contributed by atoms with Gasteiger partial charge in [0.2, 0.25) is 0 Å². The Morgan fingerprint density at radius 3 is 2.44 bits per heavy atom. The molecular weight excluding hydrogens is 525 g/mol. The number of hydrogen-bond acceptors (Lipinski definition) is 6. The maximum absolute atomic E-state index is 12.5. The quantitative estimate of drug-likeness (QED) is 0.274. The van der Waals surface area contributed by atoms with Gasteiger partial charge in [0.25, 0.3) is 5.91 Å². The highest BCUT2D eigenvalue weighted by Crippen LogP contribution is 2.38. The van der Waals surface area contributed by atoms with Gasteiger partial charge in [-0.2, -0.15) is 13.2 Å². The predicted octanol–water partition coefficient (Wildman–Crippen LogP) is 4.06. The summed E-state index contributed by atoms with van der Waals surface area (Å²) in [7, 11) is 1.90. The van der Waals surface area contributed by atoms with E-state index in [9.17, 15) is 32.3 Å². The number of halogens is 4. The van der Waals surface area contributed by atoms with Crippen LogP contribution in [0.4, 0.5) is 28.7 Å². The first-order valence-electron chi connectivity index (χ1n) is 10.7. The van der Waals surface area contributed by atoms with Crippen molar-refractivity contribution in [3.8, 4) is 0 Å². The van der Waals surface area contributed by atoms with E-state index in [-0.39, 0.29) is 18.4 Å². The minimum absolute atomic E-state index is 0.193. The van der Waals surface area contributed by atoms with Crippen molar-refractivity contribution in [1.29, 1.82) is 0 Å². The average Bonchev–Trinajstić information content (AvgIpc) is 3.11. The van der Waals surface area contributed by atoms with E-state index < -0.39 is 30.1 Å². The molecular formula is C22H23ClF3N4O5S+. The van der Waals surface area contributed by atoms with Gasteiger partial charge in [-0.3, -0.25) is 14.9 Å². The first kappa shape index (κ1) is 27.4. The van der Waals surface area contributed by atoms with Crippen LogP contribution in [-0.4, -0.2) is 54.7 Å². The molecule has 0 saturated carbocycles. The van der Waals surface area contributed by atoms with Crippen molar-refractivity contribution >= 4 is 57.5 Å². The molecule has 36 heavy (non-hydrogen) atoms. The summed E-state index contributed by atoms with van der Waals surface area (Å²) in [6, 6.07) is 5.90. The number of thiophene rings is 1. The fourth-order valence-electron chi connectivity index (χ4n) is 3.87. The average molecular weight is 548 g/mol. The van der Waals surface area contributed by atoms with E-state index in [1.807, 2.05) is 7.05 Å². The van der Waals surface area contributed by atoms with Crippen LogP contribution in [0, 0.1) is 0 Å². The fourth-order valence-corrected chi connectivity index (χ4v) is 5.41. The lowest BCUT2D eigenvalue weighted by molar-refractivity contribution is -0.924. The first-order valence-corrected chi connectivity index (χ1v) is 11.9. The molecule has 14 heteroatoms. The number of hydrogen-bond donors (Lipinski definition) is 3. The highest BCUT2D eigenvalue weighted by atomic mass is 35.5. The van der Waals surface area contributed by atoms with Gasteiger partial charge in [-0.25, -0.2) is 9.59 Å². The number of anilines is 2. The molecule has 3 rings (SSSR count). The van der Waals surface area contributed by atoms with Crippen molar-refractivity contribution in [2.75, 3.05) is 30.8 Å². The molecule has 1 aromatic carbocycles. The van der Waals surface area contributed by atoms with Crippen LogP contribution < -0.4 is 16.4 Å². The molecule has 1 aromatic heterocycles. The number of nitrogens with zero attached hydrogens (tertiary/aromatic N) is 1. The lowest BCUT2D eigenvalue weighted by Gasteiger charge is -2.37. The summed E-state index contributed by atoms with van der Waals surface area (Å²) in [5.74, 6) is -4.46. The van der Waals surface area contributed by atoms with Crippen molar-refractivity contribution in [3.05, 3.63) is 45.3 Å². The molecule has 1 aliphatic rings. The summed E-state index contributed by atoms with van der Waals surface area (Å²) in [4.78, 5) is 47.8. The van der Waals surface area contributed by atoms with Gasteiger partial charge in [-0.15, -0.1) is 11.3 Å². The van der Waals surface area contributed by atoms with Crippen molar-refractivity contribution < 1.29 is 41.6 Å². The standard InChI is InChI=1S/C22H22ClF3N4O5S/c1-30(9-2-3-16(31)35-20(33)22(24,25)26)10-8-14-15(11-30)36-19(17(14)18(27)32)29-21(34)28-13-6-4-12(23)5-7-13/h4-7H,2-3,8-11H2,1H3,(H3-,27,28,29,32,34)/p+1. The van der Waals surface area contributed by atoms with E-state index in [1.54, 1.807) is 24.3 Å². The first-order chi connectivity index (χ1) is 16.8. The van der Waals surface area contributed by atoms with E-state index in [2.05, 4.69) is 15.4 Å². The smallest absolute Gasteiger partial charge is 0.386 e. The molecule has 3 amide bonds. The molecule has 1 atom stereocenters. The third-order valence-corrected chi connectivity index (χ3v) is 6.99. The predicted molar refractivity (Wildman–Crippen MR) is 127 cm³/mol. The Morgan fingerprint density at radius 1 is 1.17 bits per heavy atom. The molecule has 9 nitrogen and oxygen atoms in total. The number of carbonyl (C=O) groups excluding carboxylic acids is 4. The molecule has 4 N–H and O–H groups in total. The number of likely N-dealkylation sites (N-methyl/N-ethyl adjacent to an activating group) is 1. The minimum atomic E-state index is -5.23. The van der Waals surface area contributed by atoms with Gasteiger partial charge < -0.3 is 20.3 Å². The Bertz CT molecular complexity index is 1190. The molecule has 0 radical (unpaired) electrons. The van der Waals surface area contributed by atoms with Crippen LogP contribution in [0.5, 0.6) is 0 Å². The highest BCUT2D eigenvalue weighted by Gasteiger charge is 2.42. The Hall–Kier alpha value is -3.16. The summed E-state index contributed by atoms with van der Waals surface area (Å²) in [5, 5.41) is 6.13. The van der Waals surface area contributed by atoms with Crippen LogP contribution in [0.1, 0.15) is 33.6 Å². The van der Waals surface area contributed by atoms with Gasteiger partial charge in [-0.1, -0.05) is 11.6 Å². The van der Waals surface area contributed by atoms with Crippen LogP contribution >= 0.6 is 22.9 Å². The number of alkyl halides is 3. The zero-order valence-corrected chi connectivity index (χ0v) is 20.6. The fraction of sp³-hybridized carbons (Fsp3) is 0.364. The molecule has 2 aromatic rings. The molecule has 0 fully saturated rings. The van der Waals surface area contributed by atoms with Crippen LogP contribution in [0.25, 0.3) is 0 Å². The summed E-state index contributed by atoms with van der Waals surface area (Å²) < 4.78 is 40.9. The number of quaternary nitrogens is 1. The molecule has 0 aliphatic carbocycles. The number of nitrogens with two attached hydrogens (primary N) is 1. The highest BCUT2D eigenvalue weighted by molar-refractivity contribution is 7.17. The molecule has 0 saturated heterocycles. The van der Waals surface area contributed by atoms with Gasteiger partial charge in [0.15, 0.2) is 0 Å². The zero-order chi connectivity index (χ0) is 26.7. The SMILES string of the molecule is C[N+]1(CCCC(=O)OC(=O)C(F)(F)F)CCc2c(sc(NC(=O)Nc3ccc(Cl)cc3)c2C(N)=O)C1. The number of amides is 3. The van der Waals surface area contributed by atoms with Crippen LogP contribution in [0.2, 0.25) is 5.02 Å². The van der Waals surface area contributed by atoms with E-state index in [1.165, 1.54) is 11.3 Å². The third kappa shape index (κ3) is 6.95. The number of benzene rings is 1. The monoisotopic (exact) mass is 547 g/mol. The molecule has 194 valence electrons. The minimum Gasteiger partial charge on any atom is -0.386 e. The maximum atomic E-state index is 12.5. The Kier molecular flexibility index (Phi) is 8.26. The lowest BCUT2D eigenvalue weighted by Crippen LogP contribution is -2.48. The number of fused-ring (bicyclic) bond motifs is 1. The number of rotatable bonds is 7. The molecule has 1 unspecified atom stereocenters. The largest absolute Gasteiger partial charge is 0.491 e. The van der Waals surface area contributed by atoms with Gasteiger partial charge in [0.05, 0.1) is 37.0 Å². The Balaban J connectivity index is 1.64. The summed E-state index contributed by atoms with van der Waals surface area (Å²) in [5.41, 5.74) is 7.07. The Labute approximate surface area is 212 Å². The van der Waals surface area contributed by atoms with E-state index in [4.69, 9.17) is 17.3 Å². The van der Waals surface area contributed by atoms with E-state index in [0.717, 1.165) is 10.4 Å². The molecule has 0 bridgehead atoms. The van der Waals surface area contributed by atoms with Gasteiger partial charge in [0.1, 0.15) is 11.5 Å². The second kappa shape index (κ2) is 10.8. The van der Waals surface area contributed by atoms with Gasteiger partial charge >= 0.3 is 24.1 Å². The second-order valence-electron chi connectivity index (χ2n) is 8.50. The molecule has 1 aliphatic heterocycles. The lowest BCUT2D eigenvalue weighted by atomic mass is 10.0. The van der Waals surface area contributed by atoms with Crippen LogP contribution in [0.15, 0.2) is 24.3 Å². The Morgan fingerprint density at radius 2 is 1.83 bits per heavy atom. The number of carbonyl (C=O) groups is 4. The van der Waals surface area contributed by atoms with Gasteiger partial charge in [0, 0.05) is 23.6 Å². The summed E-state index contributed by atoms with van der Waals surface area (Å²) >= 11 is 7.06. The summed E-state index contributed by atoms with van der Waals surface area (Å²) in [6.07, 6.45) is -4.92. The van der Waals surface area contributed by atoms with Crippen molar-refractivity contribution in [1.82, 2.24) is 0 Å². The maximum Gasteiger partial charge on any atom is 0.491 e. The number of esters is 2. The molecule has 2 heterocycles. The van der Waals surface area contributed by atoms with Crippen LogP contribution in [0.3, 0.4) is 0 Å². The van der Waals surface area contributed by atoms with E-state index in [0.29, 0.717) is 46.2 Å². The van der Waals surface area contributed by atoms with Crippen molar-refractivity contribution in [2.45, 2.75) is 32.0 Å². The topological polar surface area (TPSA) is 128 Å². The van der Waals surface area contributed by atoms with Gasteiger partial charge in [-0.05, 0) is 29.8 Å². The van der Waals surface area contributed by atoms with Crippen molar-refractivity contribution in [3.63, 3.8) is 0 Å². The third-order valence-electron chi connectivity index (χ3n) is 5.61. The number of nitrogens with one attached hydrogen (secondary N) is 2. The molecule has 0 spiro atoms. The van der Waals surface area contributed by atoms with E-state index >= 15 is 0 Å². The number of ether oxygens (including phenoxy) is 1. The zero-order valence-electron chi connectivity index (χ0n) is 19.0. The number of urea groups is 1. The second-order valence-corrected chi connectivity index (χ2v) is 10.0. The normalized spacial score (nSPS) is 17.1. The van der Waals surface area contributed by atoms with Crippen LogP contribution in [-0.2, 0) is 27.3 Å². The number of primary amides is 1. The van der Waals surface area contributed by atoms with Crippen molar-refractivity contribution in [2.24, 2.45) is 5.73 Å². The summed E-state index contributed by atoms with van der Waals surface area (Å²) in [6.45, 7) is 1.44.